The number of aromatic nitrogens is 2. The number of carbonyl (C=O) groups is 5. The van der Waals surface area contributed by atoms with Gasteiger partial charge >= 0.3 is 0 Å². The van der Waals surface area contributed by atoms with Gasteiger partial charge in [-0.1, -0.05) is 80.6 Å². The van der Waals surface area contributed by atoms with Crippen molar-refractivity contribution in [2.24, 2.45) is 17.2 Å². The number of carbonyl (C=O) groups excluding carboxylic acids is 5. The Morgan fingerprint density at radius 1 is 0.871 bits per heavy atom. The van der Waals surface area contributed by atoms with Crippen LogP contribution in [0, 0.1) is 18.3 Å². The fourth-order valence-corrected chi connectivity index (χ4v) is 8.25. The highest BCUT2D eigenvalue weighted by molar-refractivity contribution is 6.00. The summed E-state index contributed by atoms with van der Waals surface area (Å²) in [6.45, 7) is 7.78. The van der Waals surface area contributed by atoms with Gasteiger partial charge in [0.15, 0.2) is 5.82 Å². The third-order valence-corrected chi connectivity index (χ3v) is 12.2. The number of nitrogens with two attached hydrogens (primary N) is 3. The van der Waals surface area contributed by atoms with E-state index >= 15 is 0 Å². The van der Waals surface area contributed by atoms with E-state index in [2.05, 4.69) is 57.2 Å². The summed E-state index contributed by atoms with van der Waals surface area (Å²) in [6.07, 6.45) is 1.40. The van der Waals surface area contributed by atoms with Gasteiger partial charge in [0, 0.05) is 54.9 Å². The maximum absolute atomic E-state index is 14.7. The molecule has 0 spiro atoms. The molecule has 366 valence electrons. The zero-order valence-corrected chi connectivity index (χ0v) is 40.1. The second kappa shape index (κ2) is 23.5. The van der Waals surface area contributed by atoms with Crippen LogP contribution in [-0.4, -0.2) is 109 Å². The molecule has 0 radical (unpaired) electrons. The average molecular weight is 952 g/mol. The zero-order chi connectivity index (χ0) is 50.5. The van der Waals surface area contributed by atoms with E-state index in [1.165, 1.54) is 30.6 Å². The first-order valence-electron chi connectivity index (χ1n) is 23.1. The molecule has 4 aromatic carbocycles. The van der Waals surface area contributed by atoms with Gasteiger partial charge in [-0.15, -0.1) is 0 Å². The third-order valence-electron chi connectivity index (χ3n) is 12.2. The molecule has 4 unspecified atom stereocenters. The maximum Gasteiger partial charge on any atom is 0.255 e. The van der Waals surface area contributed by atoms with Crippen LogP contribution in [0.25, 0.3) is 22.5 Å². The Kier molecular flexibility index (Phi) is 17.4. The summed E-state index contributed by atoms with van der Waals surface area (Å²) in [7, 11) is 1.41. The van der Waals surface area contributed by atoms with Crippen LogP contribution in [0.15, 0.2) is 97.2 Å². The molecule has 10 N–H and O–H groups in total. The van der Waals surface area contributed by atoms with E-state index in [9.17, 15) is 29.2 Å². The van der Waals surface area contributed by atoms with Crippen molar-refractivity contribution in [1.29, 1.82) is 5.26 Å². The monoisotopic (exact) mass is 951 g/mol. The molecule has 1 aliphatic heterocycles. The Morgan fingerprint density at radius 3 is 2.14 bits per heavy atom. The van der Waals surface area contributed by atoms with Gasteiger partial charge in [0.05, 0.1) is 17.3 Å². The standard InChI is InChI=1S/C52H61N11O7/c1-31-40(30-58-46(59-31)34-12-15-37(16-13-34)52(3,4)36-9-7-6-8-10-36)48(65)61-41(19-20-53)51(68)63(5)45-35-14-18-44(70-26-23-56)39(29-35)38-27-33(11-17-43(38)69-25-22-55)28-42(49(66)57-24-21-54)62-47(64)32(2)60-50(45)67/h6-18,27,29-30,32,41-42,45H,19-20,22-26,28,53,55-56H2,1-5H3,(H,57,66)(H,60,67)(H,61,65)(H,62,64). The summed E-state index contributed by atoms with van der Waals surface area (Å²) in [5.74, 6) is -2.21. The van der Waals surface area contributed by atoms with Crippen molar-refractivity contribution >= 4 is 29.5 Å². The highest BCUT2D eigenvalue weighted by atomic mass is 16.5. The number of fused-ring (bicyclic) bond motifs is 5. The number of hydrogen-bond acceptors (Lipinski definition) is 13. The van der Waals surface area contributed by atoms with Crippen LogP contribution in [0.3, 0.4) is 0 Å². The molecular weight excluding hydrogens is 891 g/mol. The minimum Gasteiger partial charge on any atom is -0.492 e. The van der Waals surface area contributed by atoms with E-state index in [4.69, 9.17) is 26.7 Å². The van der Waals surface area contributed by atoms with Crippen molar-refractivity contribution in [1.82, 2.24) is 36.1 Å². The fourth-order valence-electron chi connectivity index (χ4n) is 8.25. The summed E-state index contributed by atoms with van der Waals surface area (Å²) >= 11 is 0. The number of amides is 5. The molecule has 5 aromatic rings. The number of hydrogen-bond donors (Lipinski definition) is 7. The Balaban J connectivity index is 1.34. The topological polar surface area (TPSA) is 283 Å². The lowest BCUT2D eigenvalue weighted by molar-refractivity contribution is -0.141. The van der Waals surface area contributed by atoms with E-state index in [-0.39, 0.29) is 63.2 Å². The number of ether oxygens (including phenoxy) is 2. The summed E-state index contributed by atoms with van der Waals surface area (Å²) in [6, 6.07) is 25.2. The molecule has 1 aromatic heterocycles. The number of nitrogens with one attached hydrogen (secondary N) is 4. The molecule has 70 heavy (non-hydrogen) atoms. The van der Waals surface area contributed by atoms with E-state index < -0.39 is 53.7 Å². The van der Waals surface area contributed by atoms with Crippen molar-refractivity contribution in [2.75, 3.05) is 46.4 Å². The molecule has 0 saturated heterocycles. The van der Waals surface area contributed by atoms with Crippen LogP contribution >= 0.6 is 0 Å². The van der Waals surface area contributed by atoms with Crippen LogP contribution in [0.5, 0.6) is 11.5 Å². The first kappa shape index (κ1) is 51.7. The molecule has 0 aliphatic carbocycles. The van der Waals surface area contributed by atoms with Crippen LogP contribution < -0.4 is 47.9 Å². The Morgan fingerprint density at radius 2 is 1.51 bits per heavy atom. The number of nitrogens with zero attached hydrogens (tertiary/aromatic N) is 4. The highest BCUT2D eigenvalue weighted by Crippen LogP contribution is 2.40. The van der Waals surface area contributed by atoms with Gasteiger partial charge in [-0.05, 0) is 73.3 Å². The SMILES string of the molecule is Cc1nc(-c2ccc(C(C)(C)c3ccccc3)cc2)ncc1C(=O)NC(CCN)C(=O)N(C)C1C(=O)NC(C)C(=O)NC(C(=O)NCC#N)Cc2ccc(OCCN)c(c2)-c2cc1ccc2OCCN. The number of nitriles is 1. The summed E-state index contributed by atoms with van der Waals surface area (Å²) in [5, 5.41) is 19.9. The predicted molar refractivity (Wildman–Crippen MR) is 264 cm³/mol. The molecule has 18 heteroatoms. The van der Waals surface area contributed by atoms with Gasteiger partial charge in [-0.3, -0.25) is 24.0 Å². The van der Waals surface area contributed by atoms with Crippen molar-refractivity contribution in [3.05, 3.63) is 131 Å². The first-order valence-corrected chi connectivity index (χ1v) is 23.1. The molecule has 18 nitrogen and oxygen atoms in total. The lowest BCUT2D eigenvalue weighted by atomic mass is 9.78. The molecule has 4 atom stereocenters. The Bertz CT molecular complexity index is 2730. The number of likely N-dealkylation sites (N-methyl/N-ethyl adjacent to an activating group) is 1. The van der Waals surface area contributed by atoms with Crippen molar-refractivity contribution in [2.45, 2.75) is 70.1 Å². The lowest BCUT2D eigenvalue weighted by Crippen LogP contribution is -2.56. The summed E-state index contributed by atoms with van der Waals surface area (Å²) in [5.41, 5.74) is 22.9. The fraction of sp³-hybridized carbons (Fsp3) is 0.346. The van der Waals surface area contributed by atoms with Gasteiger partial charge in [-0.25, -0.2) is 9.97 Å². The predicted octanol–water partition coefficient (Wildman–Crippen LogP) is 2.95. The molecule has 5 amide bonds. The van der Waals surface area contributed by atoms with E-state index in [1.807, 2.05) is 48.5 Å². The van der Waals surface area contributed by atoms with Gasteiger partial charge < -0.3 is 52.8 Å². The van der Waals surface area contributed by atoms with Gasteiger partial charge in [-0.2, -0.15) is 5.26 Å². The molecule has 1 aliphatic rings. The lowest BCUT2D eigenvalue weighted by Gasteiger charge is -2.32. The van der Waals surface area contributed by atoms with Crippen molar-refractivity contribution < 1.29 is 33.4 Å². The van der Waals surface area contributed by atoms with Crippen molar-refractivity contribution in [3.63, 3.8) is 0 Å². The minimum absolute atomic E-state index is 0.00158. The van der Waals surface area contributed by atoms with Gasteiger partial charge in [0.1, 0.15) is 55.4 Å². The van der Waals surface area contributed by atoms with Gasteiger partial charge in [0.2, 0.25) is 23.6 Å². The normalized spacial score (nSPS) is 16.3. The number of rotatable bonds is 17. The van der Waals surface area contributed by atoms with Gasteiger partial charge in [0.25, 0.3) is 5.91 Å². The Labute approximate surface area is 407 Å². The van der Waals surface area contributed by atoms with E-state index in [1.54, 1.807) is 43.3 Å². The molecule has 4 bridgehead atoms. The second-order valence-corrected chi connectivity index (χ2v) is 17.4. The van der Waals surface area contributed by atoms with E-state index in [0.29, 0.717) is 45.3 Å². The second-order valence-electron chi connectivity index (χ2n) is 17.4. The summed E-state index contributed by atoms with van der Waals surface area (Å²) < 4.78 is 12.2. The molecule has 0 saturated carbocycles. The van der Waals surface area contributed by atoms with Crippen LogP contribution in [-0.2, 0) is 31.0 Å². The summed E-state index contributed by atoms with van der Waals surface area (Å²) in [4.78, 5) is 80.9. The van der Waals surface area contributed by atoms with Crippen molar-refractivity contribution in [3.8, 4) is 40.1 Å². The first-order chi connectivity index (χ1) is 33.6. The third kappa shape index (κ3) is 12.1. The average Bonchev–Trinajstić information content (AvgIpc) is 3.36. The molecular formula is C52H61N11O7. The maximum atomic E-state index is 14.7. The number of aryl methyl sites for hydroxylation is 1. The largest absolute Gasteiger partial charge is 0.492 e. The van der Waals surface area contributed by atoms with E-state index in [0.717, 1.165) is 11.1 Å². The number of benzene rings is 4. The molecule has 0 fully saturated rings. The van der Waals surface area contributed by atoms with Crippen LogP contribution in [0.4, 0.5) is 0 Å². The molecule has 6 rings (SSSR count). The quantitative estimate of drug-likeness (QED) is 0.0662. The Hall–Kier alpha value is -7.72. The zero-order valence-electron chi connectivity index (χ0n) is 40.1. The van der Waals surface area contributed by atoms with Crippen LogP contribution in [0.2, 0.25) is 0 Å². The minimum atomic E-state index is -1.41. The smallest absolute Gasteiger partial charge is 0.255 e. The highest BCUT2D eigenvalue weighted by Gasteiger charge is 2.36. The molecule has 2 heterocycles. The van der Waals surface area contributed by atoms with Crippen LogP contribution in [0.1, 0.15) is 71.5 Å².